The number of fused-ring (bicyclic) bond motifs is 1. The average molecular weight is 435 g/mol. The average Bonchev–Trinajstić information content (AvgIpc) is 3.17. The van der Waals surface area contributed by atoms with Gasteiger partial charge in [-0.1, -0.05) is 17.7 Å². The number of nitrogens with one attached hydrogen (secondary N) is 1. The topological polar surface area (TPSA) is 110 Å². The van der Waals surface area contributed by atoms with Crippen LogP contribution in [0.15, 0.2) is 39.7 Å². The molecule has 4 aromatic rings. The van der Waals surface area contributed by atoms with Gasteiger partial charge in [0.2, 0.25) is 0 Å². The van der Waals surface area contributed by atoms with Gasteiger partial charge in [0.25, 0.3) is 0 Å². The van der Waals surface area contributed by atoms with Crippen molar-refractivity contribution in [1.29, 1.82) is 5.26 Å². The van der Waals surface area contributed by atoms with Gasteiger partial charge in [-0.05, 0) is 44.5 Å². The molecule has 0 amide bonds. The largest absolute Gasteiger partial charge is 0.453 e. The van der Waals surface area contributed by atoms with Crippen LogP contribution in [0.4, 0.5) is 5.69 Å². The highest BCUT2D eigenvalue weighted by Crippen LogP contribution is 2.32. The van der Waals surface area contributed by atoms with Crippen LogP contribution in [-0.4, -0.2) is 20.0 Å². The zero-order chi connectivity index (χ0) is 22.3. The molecule has 0 aliphatic carbocycles. The SMILES string of the molecule is Cc1cc(C(C)Nc2ccc(Cl)nc2C#N)c2oc(-c3cnn(C)n3)c(C)c(=O)c2c1. The summed E-state index contributed by atoms with van der Waals surface area (Å²) in [5.41, 5.74) is 3.72. The van der Waals surface area contributed by atoms with Crippen molar-refractivity contribution in [2.24, 2.45) is 7.05 Å². The molecule has 3 aromatic heterocycles. The molecule has 1 unspecified atom stereocenters. The van der Waals surface area contributed by atoms with E-state index in [4.69, 9.17) is 16.0 Å². The van der Waals surface area contributed by atoms with Crippen LogP contribution in [0.3, 0.4) is 0 Å². The number of halogens is 1. The molecule has 3 heterocycles. The van der Waals surface area contributed by atoms with E-state index in [1.54, 1.807) is 32.3 Å². The quantitative estimate of drug-likeness (QED) is 0.477. The molecule has 8 nitrogen and oxygen atoms in total. The molecular formula is C22H19ClN6O2. The molecule has 156 valence electrons. The fourth-order valence-electron chi connectivity index (χ4n) is 3.53. The first-order valence-electron chi connectivity index (χ1n) is 9.56. The molecule has 0 fully saturated rings. The molecule has 1 atom stereocenters. The summed E-state index contributed by atoms with van der Waals surface area (Å²) in [4.78, 5) is 18.6. The van der Waals surface area contributed by atoms with Crippen LogP contribution in [0.1, 0.15) is 35.3 Å². The fraction of sp³-hybridized carbons (Fsp3) is 0.227. The summed E-state index contributed by atoms with van der Waals surface area (Å²) in [6, 6.07) is 8.83. The molecule has 0 spiro atoms. The zero-order valence-corrected chi connectivity index (χ0v) is 18.2. The summed E-state index contributed by atoms with van der Waals surface area (Å²) >= 11 is 5.91. The van der Waals surface area contributed by atoms with Crippen molar-refractivity contribution in [3.8, 4) is 17.5 Å². The van der Waals surface area contributed by atoms with Gasteiger partial charge in [-0.3, -0.25) is 4.79 Å². The first-order valence-corrected chi connectivity index (χ1v) is 9.94. The summed E-state index contributed by atoms with van der Waals surface area (Å²) in [5, 5.41) is 21.8. The van der Waals surface area contributed by atoms with Crippen LogP contribution in [0, 0.1) is 25.2 Å². The Labute approximate surface area is 183 Å². The summed E-state index contributed by atoms with van der Waals surface area (Å²) < 4.78 is 6.24. The lowest BCUT2D eigenvalue weighted by Gasteiger charge is -2.19. The number of nitriles is 1. The van der Waals surface area contributed by atoms with Gasteiger partial charge in [-0.15, -0.1) is 0 Å². The van der Waals surface area contributed by atoms with E-state index in [0.29, 0.717) is 33.7 Å². The van der Waals surface area contributed by atoms with Gasteiger partial charge in [0.15, 0.2) is 16.9 Å². The maximum atomic E-state index is 13.1. The van der Waals surface area contributed by atoms with Crippen molar-refractivity contribution in [3.05, 3.63) is 68.2 Å². The molecule has 1 N–H and O–H groups in total. The lowest BCUT2D eigenvalue weighted by molar-refractivity contribution is 0.597. The highest BCUT2D eigenvalue weighted by atomic mass is 35.5. The van der Waals surface area contributed by atoms with Gasteiger partial charge in [-0.2, -0.15) is 20.3 Å². The van der Waals surface area contributed by atoms with Gasteiger partial charge < -0.3 is 9.73 Å². The molecule has 1 aromatic carbocycles. The van der Waals surface area contributed by atoms with Crippen LogP contribution < -0.4 is 10.7 Å². The number of benzene rings is 1. The third-order valence-electron chi connectivity index (χ3n) is 5.03. The Kier molecular flexibility index (Phi) is 5.21. The highest BCUT2D eigenvalue weighted by Gasteiger charge is 2.20. The van der Waals surface area contributed by atoms with E-state index in [9.17, 15) is 10.1 Å². The van der Waals surface area contributed by atoms with E-state index in [-0.39, 0.29) is 22.3 Å². The molecule has 0 saturated heterocycles. The maximum Gasteiger partial charge on any atom is 0.196 e. The number of hydrogen-bond acceptors (Lipinski definition) is 7. The molecule has 9 heteroatoms. The van der Waals surface area contributed by atoms with Gasteiger partial charge >= 0.3 is 0 Å². The van der Waals surface area contributed by atoms with Gasteiger partial charge in [0.05, 0.1) is 23.3 Å². The monoisotopic (exact) mass is 434 g/mol. The van der Waals surface area contributed by atoms with Crippen LogP contribution in [-0.2, 0) is 7.05 Å². The van der Waals surface area contributed by atoms with E-state index in [0.717, 1.165) is 11.1 Å². The molecule has 0 aliphatic heterocycles. The second kappa shape index (κ2) is 7.85. The number of anilines is 1. The molecule has 0 saturated carbocycles. The maximum absolute atomic E-state index is 13.1. The van der Waals surface area contributed by atoms with Crippen molar-refractivity contribution >= 4 is 28.3 Å². The normalized spacial score (nSPS) is 12.0. The minimum Gasteiger partial charge on any atom is -0.453 e. The predicted octanol–water partition coefficient (Wildman–Crippen LogP) is 4.30. The number of pyridine rings is 1. The Morgan fingerprint density at radius 3 is 2.74 bits per heavy atom. The smallest absolute Gasteiger partial charge is 0.196 e. The second-order valence-corrected chi connectivity index (χ2v) is 7.73. The Morgan fingerprint density at radius 1 is 1.29 bits per heavy atom. The summed E-state index contributed by atoms with van der Waals surface area (Å²) in [6.07, 6.45) is 1.56. The molecule has 0 aliphatic rings. The summed E-state index contributed by atoms with van der Waals surface area (Å²) in [5.74, 6) is 0.383. The van der Waals surface area contributed by atoms with Crippen LogP contribution in [0.5, 0.6) is 0 Å². The van der Waals surface area contributed by atoms with E-state index >= 15 is 0 Å². The molecule has 31 heavy (non-hydrogen) atoms. The number of aromatic nitrogens is 4. The fourth-order valence-corrected chi connectivity index (χ4v) is 3.68. The van der Waals surface area contributed by atoms with Crippen molar-refractivity contribution in [2.75, 3.05) is 5.32 Å². The van der Waals surface area contributed by atoms with Crippen molar-refractivity contribution < 1.29 is 4.42 Å². The highest BCUT2D eigenvalue weighted by molar-refractivity contribution is 6.29. The minimum atomic E-state index is -0.293. The van der Waals surface area contributed by atoms with E-state index in [1.165, 1.54) is 4.80 Å². The summed E-state index contributed by atoms with van der Waals surface area (Å²) in [7, 11) is 1.70. The minimum absolute atomic E-state index is 0.120. The molecule has 0 bridgehead atoms. The van der Waals surface area contributed by atoms with E-state index in [2.05, 4.69) is 20.5 Å². The number of rotatable bonds is 4. The van der Waals surface area contributed by atoms with Crippen LogP contribution in [0.25, 0.3) is 22.4 Å². The predicted molar refractivity (Wildman–Crippen MR) is 118 cm³/mol. The molecular weight excluding hydrogens is 416 g/mol. The van der Waals surface area contributed by atoms with Crippen LogP contribution in [0.2, 0.25) is 5.15 Å². The second-order valence-electron chi connectivity index (χ2n) is 7.34. The third-order valence-corrected chi connectivity index (χ3v) is 5.24. The van der Waals surface area contributed by atoms with Crippen molar-refractivity contribution in [1.82, 2.24) is 20.0 Å². The van der Waals surface area contributed by atoms with Gasteiger partial charge in [0.1, 0.15) is 22.5 Å². The van der Waals surface area contributed by atoms with E-state index < -0.39 is 0 Å². The van der Waals surface area contributed by atoms with Gasteiger partial charge in [0, 0.05) is 18.2 Å². The third kappa shape index (κ3) is 3.76. The lowest BCUT2D eigenvalue weighted by Crippen LogP contribution is -2.13. The van der Waals surface area contributed by atoms with Crippen molar-refractivity contribution in [3.63, 3.8) is 0 Å². The Bertz CT molecular complexity index is 1420. The standard InChI is InChI=1S/C22H19ClN6O2/c1-11-7-14(13(3)26-16-5-6-19(23)27-17(16)9-24)22-15(8-11)20(30)12(2)21(31-22)18-10-25-29(4)28-18/h5-8,10,13,26H,1-4H3. The Balaban J connectivity index is 1.89. The number of nitrogens with zero attached hydrogens (tertiary/aromatic N) is 5. The number of hydrogen-bond donors (Lipinski definition) is 1. The first kappa shape index (κ1) is 20.6. The Morgan fingerprint density at radius 2 is 2.06 bits per heavy atom. The summed E-state index contributed by atoms with van der Waals surface area (Å²) in [6.45, 7) is 5.56. The van der Waals surface area contributed by atoms with E-state index in [1.807, 2.05) is 32.0 Å². The lowest BCUT2D eigenvalue weighted by atomic mass is 9.99. The van der Waals surface area contributed by atoms with Gasteiger partial charge in [-0.25, -0.2) is 4.98 Å². The molecule has 4 rings (SSSR count). The van der Waals surface area contributed by atoms with Crippen LogP contribution >= 0.6 is 11.6 Å². The first-order chi connectivity index (χ1) is 14.8. The Hall–Kier alpha value is -3.70. The number of aryl methyl sites for hydroxylation is 2. The molecule has 0 radical (unpaired) electrons. The zero-order valence-electron chi connectivity index (χ0n) is 17.4. The van der Waals surface area contributed by atoms with Crippen molar-refractivity contribution in [2.45, 2.75) is 26.8 Å².